The fraction of sp³-hybridized carbons (Fsp3) is 0.500. The quantitative estimate of drug-likeness (QED) is 0.809. The molecule has 0 unspecified atom stereocenters. The summed E-state index contributed by atoms with van der Waals surface area (Å²) >= 11 is 0. The van der Waals surface area contributed by atoms with Crippen LogP contribution in [0.1, 0.15) is 25.0 Å². The van der Waals surface area contributed by atoms with Crippen LogP contribution in [-0.2, 0) is 13.0 Å². The van der Waals surface area contributed by atoms with Crippen molar-refractivity contribution in [3.63, 3.8) is 0 Å². The van der Waals surface area contributed by atoms with Gasteiger partial charge in [-0.05, 0) is 25.8 Å². The molecule has 0 fully saturated rings. The lowest BCUT2D eigenvalue weighted by molar-refractivity contribution is 0.636. The number of hydrogen-bond acceptors (Lipinski definition) is 5. The van der Waals surface area contributed by atoms with Crippen molar-refractivity contribution in [3.05, 3.63) is 29.8 Å². The normalized spacial score (nSPS) is 10.6. The van der Waals surface area contributed by atoms with Gasteiger partial charge in [-0.2, -0.15) is 5.10 Å². The zero-order valence-electron chi connectivity index (χ0n) is 12.3. The SMILES string of the molecule is CCNc1ncnc(NCCn2cc(C)cn2)c1CC. The number of rotatable bonds is 7. The zero-order chi connectivity index (χ0) is 14.4. The summed E-state index contributed by atoms with van der Waals surface area (Å²) in [5, 5.41) is 10.9. The molecule has 0 aromatic carbocycles. The Bertz CT molecular complexity index is 548. The van der Waals surface area contributed by atoms with Crippen LogP contribution in [0, 0.1) is 6.92 Å². The van der Waals surface area contributed by atoms with Gasteiger partial charge in [0.25, 0.3) is 0 Å². The highest BCUT2D eigenvalue weighted by Crippen LogP contribution is 2.19. The van der Waals surface area contributed by atoms with Gasteiger partial charge in [-0.3, -0.25) is 4.68 Å². The summed E-state index contributed by atoms with van der Waals surface area (Å²) in [6.45, 7) is 8.68. The summed E-state index contributed by atoms with van der Waals surface area (Å²) in [6, 6.07) is 0. The molecule has 0 aliphatic rings. The van der Waals surface area contributed by atoms with E-state index < -0.39 is 0 Å². The lowest BCUT2D eigenvalue weighted by Crippen LogP contribution is -2.14. The van der Waals surface area contributed by atoms with Crippen molar-refractivity contribution in [2.24, 2.45) is 0 Å². The molecule has 2 N–H and O–H groups in total. The molecule has 0 aliphatic heterocycles. The zero-order valence-corrected chi connectivity index (χ0v) is 12.3. The minimum atomic E-state index is 0.788. The first-order valence-corrected chi connectivity index (χ1v) is 7.05. The van der Waals surface area contributed by atoms with Crippen LogP contribution in [0.2, 0.25) is 0 Å². The monoisotopic (exact) mass is 274 g/mol. The largest absolute Gasteiger partial charge is 0.370 e. The average molecular weight is 274 g/mol. The maximum atomic E-state index is 4.34. The smallest absolute Gasteiger partial charge is 0.134 e. The number of anilines is 2. The first-order valence-electron chi connectivity index (χ1n) is 7.05. The molecule has 0 spiro atoms. The van der Waals surface area contributed by atoms with Gasteiger partial charge in [0, 0.05) is 24.8 Å². The van der Waals surface area contributed by atoms with Gasteiger partial charge in [-0.15, -0.1) is 0 Å². The molecule has 2 rings (SSSR count). The average Bonchev–Trinajstić information content (AvgIpc) is 2.85. The number of nitrogens with one attached hydrogen (secondary N) is 2. The van der Waals surface area contributed by atoms with Gasteiger partial charge < -0.3 is 10.6 Å². The first kappa shape index (κ1) is 14.3. The molecular weight excluding hydrogens is 252 g/mol. The van der Waals surface area contributed by atoms with E-state index in [4.69, 9.17) is 0 Å². The third-order valence-corrected chi connectivity index (χ3v) is 3.04. The van der Waals surface area contributed by atoms with Gasteiger partial charge in [-0.1, -0.05) is 6.92 Å². The van der Waals surface area contributed by atoms with Crippen LogP contribution in [0.3, 0.4) is 0 Å². The van der Waals surface area contributed by atoms with E-state index in [2.05, 4.69) is 39.5 Å². The van der Waals surface area contributed by atoms with Crippen LogP contribution in [0.4, 0.5) is 11.6 Å². The molecule has 2 aromatic heterocycles. The van der Waals surface area contributed by atoms with Gasteiger partial charge in [0.05, 0.1) is 12.7 Å². The molecule has 6 heteroatoms. The molecule has 0 bridgehead atoms. The van der Waals surface area contributed by atoms with Crippen molar-refractivity contribution < 1.29 is 0 Å². The summed E-state index contributed by atoms with van der Waals surface area (Å²) in [5.74, 6) is 1.82. The third kappa shape index (κ3) is 3.46. The number of aromatic nitrogens is 4. The van der Waals surface area contributed by atoms with Crippen molar-refractivity contribution in [3.8, 4) is 0 Å². The van der Waals surface area contributed by atoms with Crippen molar-refractivity contribution in [2.45, 2.75) is 33.7 Å². The summed E-state index contributed by atoms with van der Waals surface area (Å²) in [7, 11) is 0. The topological polar surface area (TPSA) is 67.7 Å². The summed E-state index contributed by atoms with van der Waals surface area (Å²) in [4.78, 5) is 8.63. The van der Waals surface area contributed by atoms with E-state index in [-0.39, 0.29) is 0 Å². The van der Waals surface area contributed by atoms with Gasteiger partial charge in [-0.25, -0.2) is 9.97 Å². The lowest BCUT2D eigenvalue weighted by atomic mass is 10.2. The van der Waals surface area contributed by atoms with Crippen LogP contribution in [0.25, 0.3) is 0 Å². The Morgan fingerprint density at radius 2 is 1.90 bits per heavy atom. The van der Waals surface area contributed by atoms with E-state index in [1.807, 2.05) is 24.0 Å². The van der Waals surface area contributed by atoms with Gasteiger partial charge >= 0.3 is 0 Å². The van der Waals surface area contributed by atoms with Crippen LogP contribution in [0.5, 0.6) is 0 Å². The van der Waals surface area contributed by atoms with E-state index in [0.29, 0.717) is 0 Å². The molecule has 0 aliphatic carbocycles. The third-order valence-electron chi connectivity index (χ3n) is 3.04. The first-order chi connectivity index (χ1) is 9.74. The fourth-order valence-corrected chi connectivity index (χ4v) is 2.10. The lowest BCUT2D eigenvalue weighted by Gasteiger charge is -2.13. The van der Waals surface area contributed by atoms with E-state index in [1.165, 1.54) is 5.56 Å². The molecular formula is C14H22N6. The Balaban J connectivity index is 1.99. The molecule has 20 heavy (non-hydrogen) atoms. The van der Waals surface area contributed by atoms with Crippen molar-refractivity contribution in [2.75, 3.05) is 23.7 Å². The fourth-order valence-electron chi connectivity index (χ4n) is 2.10. The Morgan fingerprint density at radius 1 is 1.15 bits per heavy atom. The number of aryl methyl sites for hydroxylation is 1. The van der Waals surface area contributed by atoms with Crippen molar-refractivity contribution in [1.29, 1.82) is 0 Å². The summed E-state index contributed by atoms with van der Waals surface area (Å²) in [5.41, 5.74) is 2.31. The Labute approximate surface area is 119 Å². The van der Waals surface area contributed by atoms with Crippen molar-refractivity contribution >= 4 is 11.6 Å². The second-order valence-corrected chi connectivity index (χ2v) is 4.64. The summed E-state index contributed by atoms with van der Waals surface area (Å²) in [6.07, 6.45) is 6.39. The Morgan fingerprint density at radius 3 is 2.50 bits per heavy atom. The molecule has 0 saturated carbocycles. The highest BCUT2D eigenvalue weighted by atomic mass is 15.3. The van der Waals surface area contributed by atoms with Crippen LogP contribution in [0.15, 0.2) is 18.7 Å². The molecule has 0 amide bonds. The summed E-state index contributed by atoms with van der Waals surface area (Å²) < 4.78 is 1.93. The van der Waals surface area contributed by atoms with Gasteiger partial charge in [0.15, 0.2) is 0 Å². The highest BCUT2D eigenvalue weighted by molar-refractivity contribution is 5.57. The van der Waals surface area contributed by atoms with Gasteiger partial charge in [0.2, 0.25) is 0 Å². The van der Waals surface area contributed by atoms with E-state index >= 15 is 0 Å². The van der Waals surface area contributed by atoms with Crippen LogP contribution < -0.4 is 10.6 Å². The van der Waals surface area contributed by atoms with E-state index in [0.717, 1.165) is 43.3 Å². The molecule has 6 nitrogen and oxygen atoms in total. The van der Waals surface area contributed by atoms with Crippen LogP contribution >= 0.6 is 0 Å². The molecule has 0 radical (unpaired) electrons. The van der Waals surface area contributed by atoms with E-state index in [9.17, 15) is 0 Å². The highest BCUT2D eigenvalue weighted by Gasteiger charge is 2.08. The molecule has 2 aromatic rings. The van der Waals surface area contributed by atoms with Gasteiger partial charge in [0.1, 0.15) is 18.0 Å². The standard InChI is InChI=1S/C14H22N6/c1-4-12-13(15-5-2)17-10-18-14(12)16-6-7-20-9-11(3)8-19-20/h8-10H,4-7H2,1-3H3,(H2,15,16,17,18). The maximum absolute atomic E-state index is 4.34. The number of nitrogens with zero attached hydrogens (tertiary/aromatic N) is 4. The van der Waals surface area contributed by atoms with Crippen LogP contribution in [-0.4, -0.2) is 32.8 Å². The Hall–Kier alpha value is -2.11. The maximum Gasteiger partial charge on any atom is 0.134 e. The predicted molar refractivity (Wildman–Crippen MR) is 81.0 cm³/mol. The molecule has 0 atom stereocenters. The minimum absolute atomic E-state index is 0.788. The molecule has 108 valence electrons. The van der Waals surface area contributed by atoms with E-state index in [1.54, 1.807) is 6.33 Å². The second-order valence-electron chi connectivity index (χ2n) is 4.64. The number of hydrogen-bond donors (Lipinski definition) is 2. The predicted octanol–water partition coefficient (Wildman–Crippen LogP) is 2.09. The molecule has 0 saturated heterocycles. The van der Waals surface area contributed by atoms with Crippen molar-refractivity contribution in [1.82, 2.24) is 19.7 Å². The molecule has 2 heterocycles. The minimum Gasteiger partial charge on any atom is -0.370 e. The Kier molecular flexibility index (Phi) is 4.92. The second kappa shape index (κ2) is 6.88.